The SMILES string of the molecule is CC#CC(C)(C)C(=O)/C=C(\O)c1ccccc1. The second-order valence-electron chi connectivity index (χ2n) is 4.26. The maximum atomic E-state index is 11.9. The van der Waals surface area contributed by atoms with Crippen molar-refractivity contribution in [2.45, 2.75) is 20.8 Å². The van der Waals surface area contributed by atoms with Crippen molar-refractivity contribution >= 4 is 11.5 Å². The predicted octanol–water partition coefficient (Wildman–Crippen LogP) is 3.20. The monoisotopic (exact) mass is 228 g/mol. The minimum atomic E-state index is -0.766. The summed E-state index contributed by atoms with van der Waals surface area (Å²) in [6.07, 6.45) is 1.24. The Morgan fingerprint density at radius 2 is 1.88 bits per heavy atom. The summed E-state index contributed by atoms with van der Waals surface area (Å²) in [5, 5.41) is 9.81. The number of hydrogen-bond acceptors (Lipinski definition) is 2. The van der Waals surface area contributed by atoms with E-state index in [9.17, 15) is 9.90 Å². The van der Waals surface area contributed by atoms with Gasteiger partial charge in [-0.2, -0.15) is 0 Å². The van der Waals surface area contributed by atoms with Crippen LogP contribution in [-0.4, -0.2) is 10.9 Å². The van der Waals surface area contributed by atoms with E-state index in [4.69, 9.17) is 0 Å². The fourth-order valence-corrected chi connectivity index (χ4v) is 1.37. The van der Waals surface area contributed by atoms with Gasteiger partial charge >= 0.3 is 0 Å². The maximum Gasteiger partial charge on any atom is 0.176 e. The molecule has 0 saturated carbocycles. The van der Waals surface area contributed by atoms with E-state index < -0.39 is 5.41 Å². The van der Waals surface area contributed by atoms with E-state index in [0.29, 0.717) is 5.56 Å². The molecule has 0 radical (unpaired) electrons. The molecule has 2 nitrogen and oxygen atoms in total. The van der Waals surface area contributed by atoms with Crippen molar-refractivity contribution in [3.8, 4) is 11.8 Å². The fourth-order valence-electron chi connectivity index (χ4n) is 1.37. The topological polar surface area (TPSA) is 37.3 Å². The summed E-state index contributed by atoms with van der Waals surface area (Å²) in [7, 11) is 0. The molecule has 0 spiro atoms. The summed E-state index contributed by atoms with van der Waals surface area (Å²) in [6, 6.07) is 8.96. The van der Waals surface area contributed by atoms with Crippen molar-refractivity contribution in [3.63, 3.8) is 0 Å². The normalized spacial score (nSPS) is 11.6. The fraction of sp³-hybridized carbons (Fsp3) is 0.267. The first-order valence-electron chi connectivity index (χ1n) is 5.42. The zero-order chi connectivity index (χ0) is 12.9. The molecule has 88 valence electrons. The summed E-state index contributed by atoms with van der Waals surface area (Å²) in [6.45, 7) is 5.16. The van der Waals surface area contributed by atoms with Crippen molar-refractivity contribution in [1.29, 1.82) is 0 Å². The maximum absolute atomic E-state index is 11.9. The van der Waals surface area contributed by atoms with E-state index in [1.165, 1.54) is 6.08 Å². The molecule has 0 aliphatic rings. The van der Waals surface area contributed by atoms with Gasteiger partial charge in [0.05, 0.1) is 5.41 Å². The Morgan fingerprint density at radius 1 is 1.29 bits per heavy atom. The van der Waals surface area contributed by atoms with Gasteiger partial charge in [-0.3, -0.25) is 4.79 Å². The third kappa shape index (κ3) is 3.49. The molecule has 1 N–H and O–H groups in total. The quantitative estimate of drug-likeness (QED) is 0.490. The molecule has 0 unspecified atom stereocenters. The Morgan fingerprint density at radius 3 is 2.41 bits per heavy atom. The highest BCUT2D eigenvalue weighted by Gasteiger charge is 2.23. The molecule has 1 aromatic rings. The Labute approximate surface area is 102 Å². The van der Waals surface area contributed by atoms with Crippen LogP contribution in [0.5, 0.6) is 0 Å². The van der Waals surface area contributed by atoms with Crippen LogP contribution in [0.1, 0.15) is 26.3 Å². The van der Waals surface area contributed by atoms with Crippen molar-refractivity contribution in [2.24, 2.45) is 5.41 Å². The third-order valence-corrected chi connectivity index (χ3v) is 2.39. The van der Waals surface area contributed by atoms with Gasteiger partial charge in [-0.25, -0.2) is 0 Å². The molecule has 0 atom stereocenters. The molecule has 0 aliphatic heterocycles. The summed E-state index contributed by atoms with van der Waals surface area (Å²) in [5.41, 5.74) is -0.140. The molecular weight excluding hydrogens is 212 g/mol. The first-order chi connectivity index (χ1) is 7.97. The Bertz CT molecular complexity index is 485. The van der Waals surface area contributed by atoms with Crippen LogP contribution in [0, 0.1) is 17.3 Å². The van der Waals surface area contributed by atoms with Crippen LogP contribution in [0.25, 0.3) is 5.76 Å². The lowest BCUT2D eigenvalue weighted by atomic mass is 9.88. The summed E-state index contributed by atoms with van der Waals surface area (Å²) in [5.74, 6) is 5.32. The van der Waals surface area contributed by atoms with E-state index in [1.54, 1.807) is 45.0 Å². The van der Waals surface area contributed by atoms with Crippen molar-refractivity contribution in [3.05, 3.63) is 42.0 Å². The van der Waals surface area contributed by atoms with Gasteiger partial charge in [0.1, 0.15) is 5.76 Å². The summed E-state index contributed by atoms with van der Waals surface area (Å²) in [4.78, 5) is 11.9. The number of benzene rings is 1. The van der Waals surface area contributed by atoms with E-state index in [-0.39, 0.29) is 11.5 Å². The zero-order valence-corrected chi connectivity index (χ0v) is 10.3. The van der Waals surface area contributed by atoms with Crippen molar-refractivity contribution in [1.82, 2.24) is 0 Å². The Balaban J connectivity index is 2.97. The number of aliphatic hydroxyl groups is 1. The number of rotatable bonds is 3. The Kier molecular flexibility index (Phi) is 4.12. The number of allylic oxidation sites excluding steroid dienone is 1. The molecule has 2 heteroatoms. The highest BCUT2D eigenvalue weighted by Crippen LogP contribution is 2.19. The van der Waals surface area contributed by atoms with Crippen LogP contribution in [0.2, 0.25) is 0 Å². The first-order valence-corrected chi connectivity index (χ1v) is 5.42. The number of carbonyl (C=O) groups excluding carboxylic acids is 1. The van der Waals surface area contributed by atoms with Gasteiger partial charge < -0.3 is 5.11 Å². The molecule has 0 amide bonds. The van der Waals surface area contributed by atoms with Gasteiger partial charge in [-0.15, -0.1) is 5.92 Å². The van der Waals surface area contributed by atoms with E-state index in [1.807, 2.05) is 6.07 Å². The lowest BCUT2D eigenvalue weighted by Gasteiger charge is -2.13. The smallest absolute Gasteiger partial charge is 0.176 e. The van der Waals surface area contributed by atoms with Gasteiger partial charge in [0.2, 0.25) is 0 Å². The van der Waals surface area contributed by atoms with Gasteiger partial charge in [-0.05, 0) is 20.8 Å². The van der Waals surface area contributed by atoms with Crippen LogP contribution in [-0.2, 0) is 4.79 Å². The minimum Gasteiger partial charge on any atom is -0.507 e. The predicted molar refractivity (Wildman–Crippen MR) is 69.3 cm³/mol. The summed E-state index contributed by atoms with van der Waals surface area (Å²) >= 11 is 0. The van der Waals surface area contributed by atoms with Crippen LogP contribution in [0.15, 0.2) is 36.4 Å². The minimum absolute atomic E-state index is 0.0263. The average Bonchev–Trinajstić information content (AvgIpc) is 2.30. The van der Waals surface area contributed by atoms with Gasteiger partial charge in [0.25, 0.3) is 0 Å². The molecule has 1 rings (SSSR count). The van der Waals surface area contributed by atoms with E-state index in [2.05, 4.69) is 11.8 Å². The molecular formula is C15H16O2. The largest absolute Gasteiger partial charge is 0.507 e. The standard InChI is InChI=1S/C15H16O2/c1-4-10-15(2,3)14(17)11-13(16)12-8-6-5-7-9-12/h5-9,11,16H,1-3H3/b13-11-. The van der Waals surface area contributed by atoms with E-state index >= 15 is 0 Å². The van der Waals surface area contributed by atoms with Crippen LogP contribution < -0.4 is 0 Å². The van der Waals surface area contributed by atoms with Gasteiger partial charge in [-0.1, -0.05) is 36.3 Å². The lowest BCUT2D eigenvalue weighted by Crippen LogP contribution is -2.20. The average molecular weight is 228 g/mol. The number of hydrogen-bond donors (Lipinski definition) is 1. The van der Waals surface area contributed by atoms with Crippen molar-refractivity contribution in [2.75, 3.05) is 0 Å². The molecule has 0 fully saturated rings. The van der Waals surface area contributed by atoms with Gasteiger partial charge in [0, 0.05) is 11.6 Å². The highest BCUT2D eigenvalue weighted by molar-refractivity contribution is 6.00. The van der Waals surface area contributed by atoms with Gasteiger partial charge in [0.15, 0.2) is 5.78 Å². The molecule has 0 heterocycles. The number of ketones is 1. The molecule has 17 heavy (non-hydrogen) atoms. The Hall–Kier alpha value is -2.01. The molecule has 0 saturated heterocycles. The van der Waals surface area contributed by atoms with Crippen LogP contribution >= 0.6 is 0 Å². The highest BCUT2D eigenvalue weighted by atomic mass is 16.3. The zero-order valence-electron chi connectivity index (χ0n) is 10.3. The van der Waals surface area contributed by atoms with Crippen LogP contribution in [0.3, 0.4) is 0 Å². The number of carbonyl (C=O) groups is 1. The van der Waals surface area contributed by atoms with Crippen LogP contribution in [0.4, 0.5) is 0 Å². The second kappa shape index (κ2) is 5.36. The first kappa shape index (κ1) is 13.1. The van der Waals surface area contributed by atoms with Crippen molar-refractivity contribution < 1.29 is 9.90 Å². The summed E-state index contributed by atoms with van der Waals surface area (Å²) < 4.78 is 0. The third-order valence-electron chi connectivity index (χ3n) is 2.39. The second-order valence-corrected chi connectivity index (χ2v) is 4.26. The molecule has 1 aromatic carbocycles. The molecule has 0 bridgehead atoms. The molecule has 0 aliphatic carbocycles. The molecule has 0 aromatic heterocycles. The lowest BCUT2D eigenvalue weighted by molar-refractivity contribution is -0.119. The number of aliphatic hydroxyl groups excluding tert-OH is 1. The van der Waals surface area contributed by atoms with E-state index in [0.717, 1.165) is 0 Å².